The number of hydrogen-bond donors (Lipinski definition) is 0. The fourth-order valence-electron chi connectivity index (χ4n) is 3.23. The zero-order chi connectivity index (χ0) is 18.1. The number of hydrogen-bond acceptors (Lipinski definition) is 5. The van der Waals surface area contributed by atoms with Crippen LogP contribution in [0.2, 0.25) is 0 Å². The summed E-state index contributed by atoms with van der Waals surface area (Å²) in [4.78, 5) is 17.2. The number of rotatable bonds is 4. The number of piperazine rings is 1. The van der Waals surface area contributed by atoms with Gasteiger partial charge in [0.2, 0.25) is 0 Å². The molecule has 1 aliphatic rings. The highest BCUT2D eigenvalue weighted by atomic mass is 79.9. The summed E-state index contributed by atoms with van der Waals surface area (Å²) in [7, 11) is 0. The first kappa shape index (κ1) is 17.3. The smallest absolute Gasteiger partial charge is 0.319 e. The van der Waals surface area contributed by atoms with Crippen molar-refractivity contribution in [2.45, 2.75) is 13.1 Å². The van der Waals surface area contributed by atoms with Crippen molar-refractivity contribution >= 4 is 32.7 Å². The van der Waals surface area contributed by atoms with E-state index in [-0.39, 0.29) is 0 Å². The molecule has 1 saturated heterocycles. The lowest BCUT2D eigenvalue weighted by molar-refractivity contribution is 0.0637. The van der Waals surface area contributed by atoms with Crippen LogP contribution in [0.3, 0.4) is 0 Å². The van der Waals surface area contributed by atoms with Gasteiger partial charge in [0.25, 0.3) is 0 Å². The van der Waals surface area contributed by atoms with Gasteiger partial charge in [0.15, 0.2) is 0 Å². The normalized spacial score (nSPS) is 15.9. The van der Waals surface area contributed by atoms with E-state index in [9.17, 15) is 8.78 Å². The zero-order valence-corrected chi connectivity index (χ0v) is 15.5. The first-order valence-corrected chi connectivity index (χ1v) is 9.08. The molecule has 1 fully saturated rings. The van der Waals surface area contributed by atoms with Gasteiger partial charge >= 0.3 is 6.55 Å². The molecule has 0 bridgehead atoms. The Morgan fingerprint density at radius 2 is 1.88 bits per heavy atom. The molecule has 0 saturated carbocycles. The van der Waals surface area contributed by atoms with Crippen LogP contribution in [0, 0.1) is 0 Å². The molecule has 9 heteroatoms. The lowest BCUT2D eigenvalue weighted by Crippen LogP contribution is -2.46. The summed E-state index contributed by atoms with van der Waals surface area (Å²) in [6.07, 6.45) is 4.32. The Balaban J connectivity index is 1.47. The largest absolute Gasteiger partial charge is 0.353 e. The minimum Gasteiger partial charge on any atom is -0.353 e. The number of imidazole rings is 1. The molecule has 4 rings (SSSR count). The maximum Gasteiger partial charge on any atom is 0.319 e. The molecule has 0 atom stereocenters. The van der Waals surface area contributed by atoms with E-state index in [0.717, 1.165) is 51.9 Å². The van der Waals surface area contributed by atoms with Crippen LogP contribution in [-0.2, 0) is 6.54 Å². The highest BCUT2D eigenvalue weighted by Crippen LogP contribution is 2.27. The van der Waals surface area contributed by atoms with E-state index in [0.29, 0.717) is 12.4 Å². The summed E-state index contributed by atoms with van der Waals surface area (Å²) in [5.74, 6) is 1.30. The van der Waals surface area contributed by atoms with Crippen LogP contribution in [0.1, 0.15) is 12.4 Å². The van der Waals surface area contributed by atoms with Gasteiger partial charge in [-0.15, -0.1) is 0 Å². The fourth-order valence-corrected chi connectivity index (χ4v) is 3.59. The summed E-state index contributed by atoms with van der Waals surface area (Å²) in [6, 6.07) is 5.95. The molecule has 1 aliphatic heterocycles. The van der Waals surface area contributed by atoms with E-state index < -0.39 is 6.55 Å². The molecule has 26 heavy (non-hydrogen) atoms. The van der Waals surface area contributed by atoms with Crippen molar-refractivity contribution in [2.75, 3.05) is 31.1 Å². The van der Waals surface area contributed by atoms with Gasteiger partial charge in [-0.2, -0.15) is 8.78 Å². The average molecular weight is 423 g/mol. The van der Waals surface area contributed by atoms with Gasteiger partial charge in [0.1, 0.15) is 18.0 Å². The van der Waals surface area contributed by atoms with Crippen molar-refractivity contribution in [1.29, 1.82) is 0 Å². The summed E-state index contributed by atoms with van der Waals surface area (Å²) < 4.78 is 27.8. The number of aromatic nitrogens is 4. The van der Waals surface area contributed by atoms with Crippen LogP contribution in [0.4, 0.5) is 14.6 Å². The van der Waals surface area contributed by atoms with Gasteiger partial charge in [-0.05, 0) is 18.2 Å². The van der Waals surface area contributed by atoms with E-state index >= 15 is 0 Å². The lowest BCUT2D eigenvalue weighted by atomic mass is 10.2. The number of fused-ring (bicyclic) bond motifs is 1. The van der Waals surface area contributed by atoms with Crippen LogP contribution < -0.4 is 4.90 Å². The van der Waals surface area contributed by atoms with Gasteiger partial charge in [0, 0.05) is 48.4 Å². The minimum absolute atomic E-state index is 0.393. The monoisotopic (exact) mass is 422 g/mol. The third-order valence-corrected chi connectivity index (χ3v) is 5.07. The number of alkyl halides is 2. The summed E-state index contributed by atoms with van der Waals surface area (Å²) >= 11 is 3.50. The third-order valence-electron chi connectivity index (χ3n) is 4.57. The first-order chi connectivity index (χ1) is 12.6. The quantitative estimate of drug-likeness (QED) is 0.645. The minimum atomic E-state index is -2.56. The van der Waals surface area contributed by atoms with Crippen molar-refractivity contribution in [2.24, 2.45) is 0 Å². The second-order valence-corrected chi connectivity index (χ2v) is 7.07. The zero-order valence-electron chi connectivity index (χ0n) is 13.9. The Bertz CT molecular complexity index is 907. The molecular formula is C17H17BrF2N6. The fraction of sp³-hybridized carbons (Fsp3) is 0.353. The Kier molecular flexibility index (Phi) is 4.82. The molecule has 136 valence electrons. The van der Waals surface area contributed by atoms with Crippen LogP contribution >= 0.6 is 15.9 Å². The maximum absolute atomic E-state index is 13.0. The van der Waals surface area contributed by atoms with Crippen LogP contribution in [-0.4, -0.2) is 50.6 Å². The second kappa shape index (κ2) is 7.24. The number of nitrogens with zero attached hydrogens (tertiary/aromatic N) is 6. The van der Waals surface area contributed by atoms with Crippen molar-refractivity contribution < 1.29 is 8.78 Å². The Morgan fingerprint density at radius 1 is 1.08 bits per heavy atom. The number of benzene rings is 1. The predicted octanol–water partition coefficient (Wildman–Crippen LogP) is 3.31. The Hall–Kier alpha value is -2.13. The molecule has 0 aliphatic carbocycles. The first-order valence-electron chi connectivity index (χ1n) is 8.29. The van der Waals surface area contributed by atoms with E-state index in [1.807, 2.05) is 18.2 Å². The van der Waals surface area contributed by atoms with Gasteiger partial charge in [0.05, 0.1) is 12.1 Å². The standard InChI is InChI=1S/C17H17BrF2N6/c18-12-1-2-14-13(9-12)16(23-11-22-14)25-7-5-24(6-8-25)10-15-21-3-4-26(15)17(19)20/h1-4,9,11,17H,5-8,10H2. The van der Waals surface area contributed by atoms with Gasteiger partial charge in [-0.1, -0.05) is 15.9 Å². The predicted molar refractivity (Wildman–Crippen MR) is 98.2 cm³/mol. The van der Waals surface area contributed by atoms with Crippen LogP contribution in [0.25, 0.3) is 10.9 Å². The molecule has 3 aromatic rings. The molecule has 2 aromatic heterocycles. The highest BCUT2D eigenvalue weighted by molar-refractivity contribution is 9.10. The molecular weight excluding hydrogens is 406 g/mol. The highest BCUT2D eigenvalue weighted by Gasteiger charge is 2.22. The van der Waals surface area contributed by atoms with Crippen molar-refractivity contribution in [3.05, 3.63) is 47.2 Å². The Morgan fingerprint density at radius 3 is 2.65 bits per heavy atom. The molecule has 0 radical (unpaired) electrons. The Labute approximate surface area is 157 Å². The third kappa shape index (κ3) is 3.41. The molecule has 0 N–H and O–H groups in total. The molecule has 0 spiro atoms. The van der Waals surface area contributed by atoms with Crippen molar-refractivity contribution in [3.8, 4) is 0 Å². The van der Waals surface area contributed by atoms with Gasteiger partial charge < -0.3 is 4.90 Å². The molecule has 3 heterocycles. The van der Waals surface area contributed by atoms with Crippen LogP contribution in [0.15, 0.2) is 41.4 Å². The number of halogens is 3. The van der Waals surface area contributed by atoms with E-state index in [1.165, 1.54) is 12.4 Å². The SMILES string of the molecule is FC(F)n1ccnc1CN1CCN(c2ncnc3ccc(Br)cc23)CC1. The van der Waals surface area contributed by atoms with Gasteiger partial charge in [-0.3, -0.25) is 9.47 Å². The van der Waals surface area contributed by atoms with E-state index in [1.54, 1.807) is 6.33 Å². The molecule has 6 nitrogen and oxygen atoms in total. The van der Waals surface area contributed by atoms with Crippen LogP contribution in [0.5, 0.6) is 0 Å². The second-order valence-electron chi connectivity index (χ2n) is 6.15. The summed E-state index contributed by atoms with van der Waals surface area (Å²) in [5.41, 5.74) is 0.902. The summed E-state index contributed by atoms with van der Waals surface area (Å²) in [5, 5.41) is 1.00. The van der Waals surface area contributed by atoms with Crippen molar-refractivity contribution in [1.82, 2.24) is 24.4 Å². The molecule has 1 aromatic carbocycles. The average Bonchev–Trinajstić information content (AvgIpc) is 3.10. The van der Waals surface area contributed by atoms with Gasteiger partial charge in [-0.25, -0.2) is 15.0 Å². The topological polar surface area (TPSA) is 50.1 Å². The van der Waals surface area contributed by atoms with E-state index in [4.69, 9.17) is 0 Å². The van der Waals surface area contributed by atoms with Crippen molar-refractivity contribution in [3.63, 3.8) is 0 Å². The summed E-state index contributed by atoms with van der Waals surface area (Å²) in [6.45, 7) is 0.925. The maximum atomic E-state index is 13.0. The lowest BCUT2D eigenvalue weighted by Gasteiger charge is -2.35. The molecule has 0 unspecified atom stereocenters. The van der Waals surface area contributed by atoms with E-state index in [2.05, 4.69) is 40.7 Å². The molecule has 0 amide bonds. The number of anilines is 1.